The Morgan fingerprint density at radius 2 is 1.60 bits per heavy atom. The third-order valence-corrected chi connectivity index (χ3v) is 2.88. The molecule has 0 atom stereocenters. The fourth-order valence-corrected chi connectivity index (χ4v) is 1.36. The molecule has 0 amide bonds. The molecule has 0 saturated heterocycles. The molecule has 0 aliphatic heterocycles. The third-order valence-electron chi connectivity index (χ3n) is 2.01. The van der Waals surface area contributed by atoms with Crippen molar-refractivity contribution >= 4 is 16.2 Å². The molecule has 0 spiro atoms. The molecule has 1 aromatic carbocycles. The maximum atomic E-state index is 13.0. The van der Waals surface area contributed by atoms with Gasteiger partial charge < -0.3 is 9.29 Å². The zero-order valence-corrected chi connectivity index (χ0v) is 13.0. The first-order valence-corrected chi connectivity index (χ1v) is 6.04. The fourth-order valence-electron chi connectivity index (χ4n) is 1.02. The van der Waals surface area contributed by atoms with Crippen LogP contribution in [0.25, 0.3) is 6.08 Å². The molecule has 0 aliphatic rings. The van der Waals surface area contributed by atoms with Crippen LogP contribution >= 0.6 is 0 Å². The Labute approximate surface area is 134 Å². The second-order valence-corrected chi connectivity index (χ2v) is 4.78. The molecule has 0 N–H and O–H groups in total. The summed E-state index contributed by atoms with van der Waals surface area (Å²) in [6, 6.07) is 4.25. The number of halogens is 4. The molecule has 0 bridgehead atoms. The van der Waals surface area contributed by atoms with E-state index in [0.717, 1.165) is 12.1 Å². The van der Waals surface area contributed by atoms with Crippen LogP contribution in [0.2, 0.25) is 0 Å². The fraction of sp³-hybridized carbons (Fsp3) is 0.200. The van der Waals surface area contributed by atoms with Crippen molar-refractivity contribution in [1.29, 1.82) is 0 Å². The van der Waals surface area contributed by atoms with E-state index in [4.69, 9.17) is 0 Å². The van der Waals surface area contributed by atoms with E-state index >= 15 is 0 Å². The van der Waals surface area contributed by atoms with Crippen molar-refractivity contribution in [3.05, 3.63) is 36.4 Å². The summed E-state index contributed by atoms with van der Waals surface area (Å²) in [6.07, 6.45) is -4.12. The van der Waals surface area contributed by atoms with Crippen molar-refractivity contribution in [2.45, 2.75) is 11.4 Å². The Morgan fingerprint density at radius 1 is 1.15 bits per heavy atom. The van der Waals surface area contributed by atoms with E-state index < -0.39 is 27.2 Å². The summed E-state index contributed by atoms with van der Waals surface area (Å²) in [7, 11) is -6.57. The van der Waals surface area contributed by atoms with Crippen molar-refractivity contribution in [3.8, 4) is 5.75 Å². The summed E-state index contributed by atoms with van der Waals surface area (Å²) in [4.78, 5) is 0. The average molecular weight is 322 g/mol. The Morgan fingerprint density at radius 3 is 1.95 bits per heavy atom. The molecule has 0 saturated carbocycles. The van der Waals surface area contributed by atoms with Crippen molar-refractivity contribution in [2.24, 2.45) is 0 Å². The minimum absolute atomic E-state index is 0. The van der Waals surface area contributed by atoms with Gasteiger partial charge in [0.15, 0.2) is 10.1 Å². The first kappa shape index (κ1) is 19.4. The molecule has 0 heterocycles. The molecule has 0 fully saturated rings. The topological polar surface area (TPSA) is 66.4 Å². The summed E-state index contributed by atoms with van der Waals surface area (Å²) in [5.41, 5.74) is 0.499. The normalized spacial score (nSPS) is 12.4. The second kappa shape index (κ2) is 6.44. The van der Waals surface area contributed by atoms with Crippen molar-refractivity contribution in [1.82, 2.24) is 0 Å². The Hall–Kier alpha value is -0.610. The molecule has 0 radical (unpaired) electrons. The molecular formula is C10H7F4NaO4S. The SMILES string of the molecule is C=Cc1ccc(OC(F)(F)C(F)(F)S(=O)(=O)[O-])cc1.[Na+]. The quantitative estimate of drug-likeness (QED) is 0.414. The molecule has 106 valence electrons. The Kier molecular flexibility index (Phi) is 6.24. The molecule has 0 unspecified atom stereocenters. The predicted octanol–water partition coefficient (Wildman–Crippen LogP) is -0.557. The zero-order valence-electron chi connectivity index (χ0n) is 10.1. The Bertz CT molecular complexity index is 571. The maximum absolute atomic E-state index is 13.0. The average Bonchev–Trinajstić information content (AvgIpc) is 2.28. The first-order valence-electron chi connectivity index (χ1n) is 4.64. The number of alkyl halides is 4. The van der Waals surface area contributed by atoms with Crippen LogP contribution in [-0.4, -0.2) is 24.3 Å². The van der Waals surface area contributed by atoms with E-state index in [9.17, 15) is 30.5 Å². The van der Waals surface area contributed by atoms with Gasteiger partial charge in [0.1, 0.15) is 5.75 Å². The van der Waals surface area contributed by atoms with Gasteiger partial charge in [0.05, 0.1) is 0 Å². The molecule has 10 heteroatoms. The number of ether oxygens (including phenoxy) is 1. The maximum Gasteiger partial charge on any atom is 1.00 e. The van der Waals surface area contributed by atoms with Crippen LogP contribution in [0.15, 0.2) is 30.8 Å². The summed E-state index contributed by atoms with van der Waals surface area (Å²) in [5.74, 6) is -0.723. The van der Waals surface area contributed by atoms with E-state index in [1.807, 2.05) is 0 Å². The van der Waals surface area contributed by atoms with Crippen LogP contribution in [0.3, 0.4) is 0 Å². The van der Waals surface area contributed by atoms with Gasteiger partial charge in [0.25, 0.3) is 0 Å². The second-order valence-electron chi connectivity index (χ2n) is 3.36. The molecule has 4 nitrogen and oxygen atoms in total. The van der Waals surface area contributed by atoms with Crippen LogP contribution in [0.1, 0.15) is 5.56 Å². The number of hydrogen-bond acceptors (Lipinski definition) is 4. The van der Waals surface area contributed by atoms with Gasteiger partial charge in [-0.15, -0.1) is 0 Å². The van der Waals surface area contributed by atoms with Gasteiger partial charge in [-0.2, -0.15) is 17.6 Å². The van der Waals surface area contributed by atoms with Crippen LogP contribution in [0.5, 0.6) is 5.75 Å². The molecule has 0 aliphatic carbocycles. The van der Waals surface area contributed by atoms with Crippen LogP contribution in [-0.2, 0) is 10.1 Å². The standard InChI is InChI=1S/C10H8F4O4S.Na/c1-2-7-3-5-8(6-4-7)18-9(11,12)10(13,14)19(15,16)17;/h2-6H,1H2,(H,15,16,17);/q;+1/p-1. The van der Waals surface area contributed by atoms with Gasteiger partial charge in [0.2, 0.25) is 0 Å². The van der Waals surface area contributed by atoms with Gasteiger partial charge in [-0.1, -0.05) is 24.8 Å². The van der Waals surface area contributed by atoms with E-state index in [2.05, 4.69) is 11.3 Å². The van der Waals surface area contributed by atoms with Gasteiger partial charge in [-0.3, -0.25) is 0 Å². The zero-order chi connectivity index (χ0) is 14.9. The van der Waals surface area contributed by atoms with Crippen molar-refractivity contribution < 1.29 is 64.8 Å². The largest absolute Gasteiger partial charge is 1.00 e. The van der Waals surface area contributed by atoms with Crippen LogP contribution in [0, 0.1) is 0 Å². The van der Waals surface area contributed by atoms with Gasteiger partial charge in [0, 0.05) is 0 Å². The van der Waals surface area contributed by atoms with Crippen molar-refractivity contribution in [2.75, 3.05) is 0 Å². The third kappa shape index (κ3) is 3.95. The predicted molar refractivity (Wildman–Crippen MR) is 56.8 cm³/mol. The first-order chi connectivity index (χ1) is 8.51. The summed E-state index contributed by atoms with van der Waals surface area (Å²) < 4.78 is 85.4. The monoisotopic (exact) mass is 322 g/mol. The van der Waals surface area contributed by atoms with E-state index in [-0.39, 0.29) is 29.6 Å². The van der Waals surface area contributed by atoms with E-state index in [0.29, 0.717) is 5.56 Å². The van der Waals surface area contributed by atoms with Crippen LogP contribution in [0.4, 0.5) is 17.6 Å². The van der Waals surface area contributed by atoms with Gasteiger partial charge >= 0.3 is 40.9 Å². The minimum Gasteiger partial charge on any atom is -0.743 e. The van der Waals surface area contributed by atoms with Gasteiger partial charge in [-0.05, 0) is 17.7 Å². The molecular weight excluding hydrogens is 315 g/mol. The number of benzene rings is 1. The minimum atomic E-state index is -6.57. The summed E-state index contributed by atoms with van der Waals surface area (Å²) >= 11 is 0. The summed E-state index contributed by atoms with van der Waals surface area (Å²) in [6.45, 7) is 3.38. The number of rotatable bonds is 5. The summed E-state index contributed by atoms with van der Waals surface area (Å²) in [5, 5.41) is -5.88. The number of hydrogen-bond donors (Lipinski definition) is 0. The molecule has 0 aromatic heterocycles. The smallest absolute Gasteiger partial charge is 0.743 e. The van der Waals surface area contributed by atoms with Gasteiger partial charge in [-0.25, -0.2) is 8.42 Å². The van der Waals surface area contributed by atoms with Crippen LogP contribution < -0.4 is 34.3 Å². The van der Waals surface area contributed by atoms with E-state index in [1.54, 1.807) is 0 Å². The molecule has 1 aromatic rings. The van der Waals surface area contributed by atoms with E-state index in [1.165, 1.54) is 18.2 Å². The Balaban J connectivity index is 0.00000361. The molecule has 20 heavy (non-hydrogen) atoms. The van der Waals surface area contributed by atoms with Crippen molar-refractivity contribution in [3.63, 3.8) is 0 Å². The molecule has 1 rings (SSSR count).